The van der Waals surface area contributed by atoms with Gasteiger partial charge in [0.2, 0.25) is 0 Å². The SMILES string of the molecule is CCCCCCCCCCNC(=O)c1cc(NCC(=O)Oc2ccccc2)cc(C(=O)NCCCCCCCCCC)c1. The fourth-order valence-electron chi connectivity index (χ4n) is 4.95. The average molecular weight is 594 g/mol. The summed E-state index contributed by atoms with van der Waals surface area (Å²) in [6.45, 7) is 5.53. The standard InChI is InChI=1S/C36H55N3O4/c1-3-5-7-9-11-13-15-20-24-37-35(41)30-26-31(36(42)38-25-21-16-14-12-10-8-6-4-2)28-32(27-30)39-29-34(40)43-33-22-18-17-19-23-33/h17-19,22-23,26-28,39H,3-16,20-21,24-25,29H2,1-2H3,(H,37,41)(H,38,42). The van der Waals surface area contributed by atoms with E-state index in [1.54, 1.807) is 42.5 Å². The third-order valence-corrected chi connectivity index (χ3v) is 7.50. The van der Waals surface area contributed by atoms with Crippen molar-refractivity contribution in [1.29, 1.82) is 0 Å². The molecule has 7 nitrogen and oxygen atoms in total. The second-order valence-electron chi connectivity index (χ2n) is 11.4. The van der Waals surface area contributed by atoms with Gasteiger partial charge in [-0.25, -0.2) is 4.79 Å². The van der Waals surface area contributed by atoms with Gasteiger partial charge in [-0.3, -0.25) is 9.59 Å². The Labute approximate surface area is 259 Å². The van der Waals surface area contributed by atoms with Crippen molar-refractivity contribution in [1.82, 2.24) is 10.6 Å². The Morgan fingerprint density at radius 3 is 1.49 bits per heavy atom. The number of esters is 1. The van der Waals surface area contributed by atoms with Crippen molar-refractivity contribution in [2.24, 2.45) is 0 Å². The first-order chi connectivity index (χ1) is 21.0. The highest BCUT2D eigenvalue weighted by Gasteiger charge is 2.14. The van der Waals surface area contributed by atoms with Gasteiger partial charge in [-0.1, -0.05) is 122 Å². The Balaban J connectivity index is 1.90. The lowest BCUT2D eigenvalue weighted by Crippen LogP contribution is -2.27. The van der Waals surface area contributed by atoms with Gasteiger partial charge in [0.1, 0.15) is 12.3 Å². The molecule has 0 bridgehead atoms. The third-order valence-electron chi connectivity index (χ3n) is 7.50. The first-order valence-electron chi connectivity index (χ1n) is 16.7. The largest absolute Gasteiger partial charge is 0.425 e. The molecule has 0 saturated carbocycles. The molecule has 43 heavy (non-hydrogen) atoms. The van der Waals surface area contributed by atoms with Gasteiger partial charge in [-0.15, -0.1) is 0 Å². The second kappa shape index (κ2) is 23.1. The second-order valence-corrected chi connectivity index (χ2v) is 11.4. The molecule has 2 aromatic carbocycles. The van der Waals surface area contributed by atoms with Gasteiger partial charge >= 0.3 is 5.97 Å². The number of hydrogen-bond donors (Lipinski definition) is 3. The van der Waals surface area contributed by atoms with Crippen LogP contribution in [0, 0.1) is 0 Å². The van der Waals surface area contributed by atoms with Crippen molar-refractivity contribution in [2.75, 3.05) is 25.0 Å². The zero-order valence-electron chi connectivity index (χ0n) is 26.7. The summed E-state index contributed by atoms with van der Waals surface area (Å²) in [7, 11) is 0. The van der Waals surface area contributed by atoms with E-state index < -0.39 is 5.97 Å². The number of hydrogen-bond acceptors (Lipinski definition) is 5. The number of rotatable bonds is 24. The predicted molar refractivity (Wildman–Crippen MR) is 177 cm³/mol. The fraction of sp³-hybridized carbons (Fsp3) is 0.583. The summed E-state index contributed by atoms with van der Waals surface area (Å²) in [5.41, 5.74) is 1.29. The van der Waals surface area contributed by atoms with Gasteiger partial charge in [0.05, 0.1) is 0 Å². The maximum absolute atomic E-state index is 13.0. The highest BCUT2D eigenvalue weighted by atomic mass is 16.5. The van der Waals surface area contributed by atoms with Crippen molar-refractivity contribution in [3.8, 4) is 5.75 Å². The molecule has 0 aliphatic carbocycles. The molecule has 0 spiro atoms. The molecule has 238 valence electrons. The summed E-state index contributed by atoms with van der Waals surface area (Å²) in [6.07, 6.45) is 19.2. The molecular weight excluding hydrogens is 538 g/mol. The van der Waals surface area contributed by atoms with Crippen LogP contribution in [0.4, 0.5) is 5.69 Å². The highest BCUT2D eigenvalue weighted by molar-refractivity contribution is 6.01. The first kappa shape index (κ1) is 35.8. The molecule has 0 heterocycles. The van der Waals surface area contributed by atoms with E-state index in [4.69, 9.17) is 4.74 Å². The molecule has 0 aliphatic rings. The Morgan fingerprint density at radius 1 is 0.581 bits per heavy atom. The maximum Gasteiger partial charge on any atom is 0.330 e. The predicted octanol–water partition coefficient (Wildman–Crippen LogP) is 8.45. The highest BCUT2D eigenvalue weighted by Crippen LogP contribution is 2.17. The zero-order chi connectivity index (χ0) is 31.0. The molecule has 2 aromatic rings. The number of anilines is 1. The molecular formula is C36H55N3O4. The van der Waals surface area contributed by atoms with Crippen LogP contribution in [0.3, 0.4) is 0 Å². The van der Waals surface area contributed by atoms with Crippen LogP contribution in [-0.4, -0.2) is 37.4 Å². The van der Waals surface area contributed by atoms with E-state index in [0.29, 0.717) is 35.7 Å². The number of ether oxygens (including phenoxy) is 1. The van der Waals surface area contributed by atoms with Crippen LogP contribution < -0.4 is 20.7 Å². The summed E-state index contributed by atoms with van der Waals surface area (Å²) in [4.78, 5) is 38.4. The molecule has 0 saturated heterocycles. The molecule has 0 atom stereocenters. The number of amides is 2. The summed E-state index contributed by atoms with van der Waals surface area (Å²) in [5, 5.41) is 9.02. The molecule has 7 heteroatoms. The van der Waals surface area contributed by atoms with Gasteiger partial charge in [-0.2, -0.15) is 0 Å². The van der Waals surface area contributed by atoms with Crippen molar-refractivity contribution in [3.05, 3.63) is 59.7 Å². The Morgan fingerprint density at radius 2 is 1.02 bits per heavy atom. The smallest absolute Gasteiger partial charge is 0.330 e. The number of unbranched alkanes of at least 4 members (excludes halogenated alkanes) is 14. The van der Waals surface area contributed by atoms with Crippen LogP contribution >= 0.6 is 0 Å². The first-order valence-corrected chi connectivity index (χ1v) is 16.7. The van der Waals surface area contributed by atoms with E-state index in [1.165, 1.54) is 77.0 Å². The van der Waals surface area contributed by atoms with Crippen LogP contribution in [0.1, 0.15) is 137 Å². The van der Waals surface area contributed by atoms with Crippen molar-refractivity contribution in [3.63, 3.8) is 0 Å². The van der Waals surface area contributed by atoms with E-state index in [9.17, 15) is 14.4 Å². The minimum absolute atomic E-state index is 0.0997. The minimum atomic E-state index is -0.462. The van der Waals surface area contributed by atoms with Crippen LogP contribution in [0.2, 0.25) is 0 Å². The quantitative estimate of drug-likeness (QED) is 0.0645. The molecule has 0 fully saturated rings. The van der Waals surface area contributed by atoms with Gasteiger partial charge in [0, 0.05) is 29.9 Å². The van der Waals surface area contributed by atoms with Crippen LogP contribution in [-0.2, 0) is 4.79 Å². The Hall–Kier alpha value is -3.35. The monoisotopic (exact) mass is 593 g/mol. The minimum Gasteiger partial charge on any atom is -0.425 e. The molecule has 2 amide bonds. The van der Waals surface area contributed by atoms with Gasteiger partial charge in [0.15, 0.2) is 0 Å². The van der Waals surface area contributed by atoms with Crippen molar-refractivity contribution in [2.45, 2.75) is 117 Å². The maximum atomic E-state index is 13.0. The number of benzene rings is 2. The molecule has 0 aromatic heterocycles. The van der Waals surface area contributed by atoms with Crippen LogP contribution in [0.15, 0.2) is 48.5 Å². The Kier molecular flexibility index (Phi) is 19.3. The van der Waals surface area contributed by atoms with E-state index in [1.807, 2.05) is 6.07 Å². The normalized spacial score (nSPS) is 10.7. The van der Waals surface area contributed by atoms with Crippen LogP contribution in [0.25, 0.3) is 0 Å². The topological polar surface area (TPSA) is 96.5 Å². The number of carbonyl (C=O) groups is 3. The van der Waals surface area contributed by atoms with Gasteiger partial charge < -0.3 is 20.7 Å². The lowest BCUT2D eigenvalue weighted by atomic mass is 10.1. The summed E-state index contributed by atoms with van der Waals surface area (Å²) in [6, 6.07) is 13.8. The number of para-hydroxylation sites is 1. The van der Waals surface area contributed by atoms with Crippen molar-refractivity contribution < 1.29 is 19.1 Å². The fourth-order valence-corrected chi connectivity index (χ4v) is 4.95. The van der Waals surface area contributed by atoms with E-state index in [-0.39, 0.29) is 18.4 Å². The molecule has 0 unspecified atom stereocenters. The molecule has 3 N–H and O–H groups in total. The lowest BCUT2D eigenvalue weighted by molar-refractivity contribution is -0.132. The molecule has 0 aliphatic heterocycles. The van der Waals surface area contributed by atoms with E-state index in [0.717, 1.165) is 25.7 Å². The average Bonchev–Trinajstić information content (AvgIpc) is 3.02. The van der Waals surface area contributed by atoms with Gasteiger partial charge in [-0.05, 0) is 43.2 Å². The molecule has 0 radical (unpaired) electrons. The molecule has 2 rings (SSSR count). The Bertz CT molecular complexity index is 1010. The summed E-state index contributed by atoms with van der Waals surface area (Å²) in [5.74, 6) is -0.452. The third kappa shape index (κ3) is 16.8. The lowest BCUT2D eigenvalue weighted by Gasteiger charge is -2.13. The summed E-state index contributed by atoms with van der Waals surface area (Å²) >= 11 is 0. The van der Waals surface area contributed by atoms with Crippen LogP contribution in [0.5, 0.6) is 5.75 Å². The summed E-state index contributed by atoms with van der Waals surface area (Å²) < 4.78 is 5.36. The number of carbonyl (C=O) groups excluding carboxylic acids is 3. The van der Waals surface area contributed by atoms with E-state index >= 15 is 0 Å². The zero-order valence-corrected chi connectivity index (χ0v) is 26.7. The van der Waals surface area contributed by atoms with E-state index in [2.05, 4.69) is 29.8 Å². The number of nitrogens with one attached hydrogen (secondary N) is 3. The van der Waals surface area contributed by atoms with Crippen molar-refractivity contribution >= 4 is 23.5 Å². The van der Waals surface area contributed by atoms with Gasteiger partial charge in [0.25, 0.3) is 11.8 Å².